The molecule has 3 rings (SSSR count). The molecule has 0 atom stereocenters. The summed E-state index contributed by atoms with van der Waals surface area (Å²) in [5, 5.41) is 11.2. The van der Waals surface area contributed by atoms with Crippen molar-refractivity contribution in [2.45, 2.75) is 20.8 Å². The summed E-state index contributed by atoms with van der Waals surface area (Å²) in [6, 6.07) is 9.20. The van der Waals surface area contributed by atoms with Gasteiger partial charge in [0.2, 0.25) is 0 Å². The van der Waals surface area contributed by atoms with E-state index >= 15 is 0 Å². The molecule has 1 aliphatic heterocycles. The summed E-state index contributed by atoms with van der Waals surface area (Å²) < 4.78 is 12.4. The van der Waals surface area contributed by atoms with E-state index in [1.54, 1.807) is 38.3 Å². The Labute approximate surface area is 174 Å². The molecule has 1 aliphatic rings. The highest BCUT2D eigenvalue weighted by Gasteiger charge is 2.33. The van der Waals surface area contributed by atoms with Crippen molar-refractivity contribution >= 4 is 34.5 Å². The normalized spacial score (nSPS) is 16.7. The van der Waals surface area contributed by atoms with Crippen LogP contribution >= 0.6 is 11.8 Å². The molecule has 1 aromatic heterocycles. The molecule has 1 N–H and O–H groups in total. The Bertz CT molecular complexity index is 1030. The first kappa shape index (κ1) is 20.8. The number of carbonyl (C=O) groups is 1. The van der Waals surface area contributed by atoms with Crippen LogP contribution in [0.5, 0.6) is 5.75 Å². The number of aliphatic hydroxyl groups excluding tert-OH is 1. The SMILES string of the molecule is CCOC(=O)C1=C(O)/C(=C/c2cc(C)n(C)c2C)SC1=Nc1ccc(OC)cc1. The van der Waals surface area contributed by atoms with E-state index in [1.807, 2.05) is 33.0 Å². The lowest BCUT2D eigenvalue weighted by atomic mass is 10.2. The number of esters is 1. The number of aromatic nitrogens is 1. The number of carbonyl (C=O) groups excluding carboxylic acids is 1. The number of benzene rings is 1. The van der Waals surface area contributed by atoms with E-state index in [4.69, 9.17) is 9.47 Å². The van der Waals surface area contributed by atoms with Crippen molar-refractivity contribution < 1.29 is 19.4 Å². The molecule has 6 nitrogen and oxygen atoms in total. The van der Waals surface area contributed by atoms with Gasteiger partial charge in [0.15, 0.2) is 0 Å². The second-order valence-corrected chi connectivity index (χ2v) is 7.59. The summed E-state index contributed by atoms with van der Waals surface area (Å²) in [4.78, 5) is 17.6. The van der Waals surface area contributed by atoms with Crippen molar-refractivity contribution in [3.8, 4) is 5.75 Å². The first-order valence-electron chi connectivity index (χ1n) is 9.22. The van der Waals surface area contributed by atoms with Crippen molar-refractivity contribution in [2.75, 3.05) is 13.7 Å². The number of rotatable bonds is 5. The molecule has 0 aliphatic carbocycles. The summed E-state index contributed by atoms with van der Waals surface area (Å²) in [5.74, 6) is 0.0169. The Hall–Kier alpha value is -2.93. The number of hydrogen-bond donors (Lipinski definition) is 1. The van der Waals surface area contributed by atoms with Crippen LogP contribution in [0.2, 0.25) is 0 Å². The van der Waals surface area contributed by atoms with E-state index in [0.29, 0.717) is 21.4 Å². The zero-order valence-corrected chi connectivity index (χ0v) is 18.0. The number of nitrogens with zero attached hydrogens (tertiary/aromatic N) is 2. The van der Waals surface area contributed by atoms with Gasteiger partial charge >= 0.3 is 5.97 Å². The van der Waals surface area contributed by atoms with E-state index in [0.717, 1.165) is 17.0 Å². The molecule has 7 heteroatoms. The highest BCUT2D eigenvalue weighted by atomic mass is 32.2. The second-order valence-electron chi connectivity index (χ2n) is 6.56. The van der Waals surface area contributed by atoms with Crippen LogP contribution in [-0.4, -0.2) is 34.4 Å². The predicted octanol–water partition coefficient (Wildman–Crippen LogP) is 4.84. The number of aliphatic imine (C=N–C) groups is 1. The Balaban J connectivity index is 2.04. The molecule has 0 amide bonds. The van der Waals surface area contributed by atoms with Crippen molar-refractivity contribution in [3.63, 3.8) is 0 Å². The van der Waals surface area contributed by atoms with Crippen LogP contribution in [0.25, 0.3) is 6.08 Å². The van der Waals surface area contributed by atoms with E-state index in [-0.39, 0.29) is 17.9 Å². The highest BCUT2D eigenvalue weighted by molar-refractivity contribution is 8.18. The highest BCUT2D eigenvalue weighted by Crippen LogP contribution is 2.40. The van der Waals surface area contributed by atoms with E-state index < -0.39 is 5.97 Å². The number of hydrogen-bond acceptors (Lipinski definition) is 6. The molecule has 2 aromatic rings. The fraction of sp³-hybridized carbons (Fsp3) is 0.273. The van der Waals surface area contributed by atoms with E-state index in [9.17, 15) is 9.90 Å². The molecular weight excluding hydrogens is 388 g/mol. The first-order valence-corrected chi connectivity index (χ1v) is 10.0. The molecule has 0 radical (unpaired) electrons. The van der Waals surface area contributed by atoms with Gasteiger partial charge in [-0.25, -0.2) is 9.79 Å². The Kier molecular flexibility index (Phi) is 6.17. The lowest BCUT2D eigenvalue weighted by Gasteiger charge is -2.04. The van der Waals surface area contributed by atoms with Gasteiger partial charge < -0.3 is 19.1 Å². The summed E-state index contributed by atoms with van der Waals surface area (Å²) in [6.45, 7) is 5.97. The Morgan fingerprint density at radius 1 is 1.28 bits per heavy atom. The van der Waals surface area contributed by atoms with Gasteiger partial charge in [0.1, 0.15) is 22.1 Å². The molecule has 0 saturated carbocycles. The first-order chi connectivity index (χ1) is 13.8. The topological polar surface area (TPSA) is 73.0 Å². The standard InChI is InChI=1S/C22H24N2O4S/c1-6-28-22(26)19-20(25)18(12-15-11-13(2)24(4)14(15)3)29-21(19)23-16-7-9-17(27-5)10-8-16/h7-12,25H,6H2,1-5H3/b18-12-,23-21?. The summed E-state index contributed by atoms with van der Waals surface area (Å²) in [5.41, 5.74) is 3.90. The van der Waals surface area contributed by atoms with Crippen molar-refractivity contribution in [1.29, 1.82) is 0 Å². The van der Waals surface area contributed by atoms with Crippen LogP contribution in [-0.2, 0) is 16.6 Å². The zero-order chi connectivity index (χ0) is 21.1. The van der Waals surface area contributed by atoms with Gasteiger partial charge in [0.05, 0.1) is 24.3 Å². The van der Waals surface area contributed by atoms with Gasteiger partial charge in [-0.1, -0.05) is 11.8 Å². The maximum atomic E-state index is 12.5. The van der Waals surface area contributed by atoms with E-state index in [1.165, 1.54) is 11.8 Å². The molecular formula is C22H24N2O4S. The lowest BCUT2D eigenvalue weighted by molar-refractivity contribution is -0.138. The maximum Gasteiger partial charge on any atom is 0.344 e. The van der Waals surface area contributed by atoms with Crippen LogP contribution in [0.1, 0.15) is 23.9 Å². The molecule has 0 spiro atoms. The van der Waals surface area contributed by atoms with Gasteiger partial charge in [0, 0.05) is 18.4 Å². The van der Waals surface area contributed by atoms with Crippen molar-refractivity contribution in [2.24, 2.45) is 12.0 Å². The molecule has 0 unspecified atom stereocenters. The summed E-state index contributed by atoms with van der Waals surface area (Å²) in [7, 11) is 3.59. The molecule has 0 fully saturated rings. The summed E-state index contributed by atoms with van der Waals surface area (Å²) in [6.07, 6.45) is 1.87. The van der Waals surface area contributed by atoms with Gasteiger partial charge in [-0.05, 0) is 62.7 Å². The third kappa shape index (κ3) is 4.24. The van der Waals surface area contributed by atoms with Gasteiger partial charge in [0.25, 0.3) is 0 Å². The van der Waals surface area contributed by atoms with E-state index in [2.05, 4.69) is 9.56 Å². The average Bonchev–Trinajstić information content (AvgIpc) is 3.13. The number of ether oxygens (including phenoxy) is 2. The Morgan fingerprint density at radius 2 is 1.97 bits per heavy atom. The molecule has 1 aromatic carbocycles. The zero-order valence-electron chi connectivity index (χ0n) is 17.1. The fourth-order valence-corrected chi connectivity index (χ4v) is 3.96. The molecule has 29 heavy (non-hydrogen) atoms. The molecule has 0 bridgehead atoms. The van der Waals surface area contributed by atoms with Gasteiger partial charge in [-0.15, -0.1) is 0 Å². The van der Waals surface area contributed by atoms with Gasteiger partial charge in [-0.2, -0.15) is 0 Å². The lowest BCUT2D eigenvalue weighted by Crippen LogP contribution is -2.12. The third-order valence-electron chi connectivity index (χ3n) is 4.77. The van der Waals surface area contributed by atoms with Crippen LogP contribution < -0.4 is 4.74 Å². The molecule has 152 valence electrons. The molecule has 0 saturated heterocycles. The predicted molar refractivity (Wildman–Crippen MR) is 117 cm³/mol. The number of aryl methyl sites for hydroxylation is 1. The van der Waals surface area contributed by atoms with Crippen LogP contribution in [0.15, 0.2) is 51.6 Å². The fourth-order valence-electron chi connectivity index (χ4n) is 2.94. The summed E-state index contributed by atoms with van der Waals surface area (Å²) >= 11 is 1.25. The minimum absolute atomic E-state index is 0.0872. The maximum absolute atomic E-state index is 12.5. The van der Waals surface area contributed by atoms with Crippen molar-refractivity contribution in [3.05, 3.63) is 63.5 Å². The number of thioether (sulfide) groups is 1. The number of aliphatic hydroxyl groups is 1. The smallest absolute Gasteiger partial charge is 0.344 e. The molecule has 2 heterocycles. The third-order valence-corrected chi connectivity index (χ3v) is 5.79. The monoisotopic (exact) mass is 412 g/mol. The van der Waals surface area contributed by atoms with Crippen molar-refractivity contribution in [1.82, 2.24) is 4.57 Å². The van der Waals surface area contributed by atoms with Gasteiger partial charge in [-0.3, -0.25) is 0 Å². The second kappa shape index (κ2) is 8.61. The quantitative estimate of drug-likeness (QED) is 0.711. The minimum Gasteiger partial charge on any atom is -0.506 e. The largest absolute Gasteiger partial charge is 0.506 e. The number of methoxy groups -OCH3 is 1. The van der Waals surface area contributed by atoms with Crippen LogP contribution in [0, 0.1) is 13.8 Å². The Morgan fingerprint density at radius 3 is 2.52 bits per heavy atom. The average molecular weight is 413 g/mol. The minimum atomic E-state index is -0.589. The van der Waals surface area contributed by atoms with Crippen LogP contribution in [0.3, 0.4) is 0 Å². The van der Waals surface area contributed by atoms with Crippen LogP contribution in [0.4, 0.5) is 5.69 Å².